The number of halogens is 2. The summed E-state index contributed by atoms with van der Waals surface area (Å²) >= 11 is 11.8. The molecule has 0 aromatic heterocycles. The van der Waals surface area contributed by atoms with Gasteiger partial charge in [-0.05, 0) is 47.7 Å². The van der Waals surface area contributed by atoms with Gasteiger partial charge in [0.25, 0.3) is 5.91 Å². The number of nitrogens with zero attached hydrogens (tertiary/aromatic N) is 1. The van der Waals surface area contributed by atoms with E-state index in [2.05, 4.69) is 31.3 Å². The Balaban J connectivity index is 1.90. The van der Waals surface area contributed by atoms with E-state index < -0.39 is 6.10 Å². The first-order valence-corrected chi connectivity index (χ1v) is 8.97. The van der Waals surface area contributed by atoms with Gasteiger partial charge in [0.2, 0.25) is 0 Å². The topological polar surface area (TPSA) is 50.7 Å². The molecule has 0 aliphatic carbocycles. The standard InChI is InChI=1S/C20H22Cl2N2O2/c1-13(26-16-8-6-15(7-9-16)20(2,3)4)19(25)24-23-12-14-5-10-17(21)18(22)11-14/h5-13H,1-4H3,(H,24,25)/b23-12+. The molecule has 2 aromatic carbocycles. The van der Waals surface area contributed by atoms with Crippen molar-refractivity contribution >= 4 is 35.3 Å². The van der Waals surface area contributed by atoms with Crippen molar-refractivity contribution in [3.63, 3.8) is 0 Å². The zero-order chi connectivity index (χ0) is 19.3. The molecular formula is C20H22Cl2N2O2. The smallest absolute Gasteiger partial charge is 0.280 e. The number of hydrogen-bond donors (Lipinski definition) is 1. The molecule has 138 valence electrons. The summed E-state index contributed by atoms with van der Waals surface area (Å²) in [6.07, 6.45) is 0.812. The van der Waals surface area contributed by atoms with E-state index >= 15 is 0 Å². The predicted molar refractivity (Wildman–Crippen MR) is 107 cm³/mol. The van der Waals surface area contributed by atoms with E-state index in [4.69, 9.17) is 27.9 Å². The van der Waals surface area contributed by atoms with Crippen LogP contribution in [0.3, 0.4) is 0 Å². The maximum Gasteiger partial charge on any atom is 0.280 e. The first kappa shape index (κ1) is 20.3. The average Bonchev–Trinajstić information content (AvgIpc) is 2.57. The van der Waals surface area contributed by atoms with Crippen LogP contribution in [0.15, 0.2) is 47.6 Å². The molecule has 1 N–H and O–H groups in total. The van der Waals surface area contributed by atoms with Gasteiger partial charge < -0.3 is 4.74 Å². The fraction of sp³-hybridized carbons (Fsp3) is 0.300. The van der Waals surface area contributed by atoms with E-state index in [1.165, 1.54) is 11.8 Å². The van der Waals surface area contributed by atoms with Crippen LogP contribution in [0.4, 0.5) is 0 Å². The molecular weight excluding hydrogens is 371 g/mol. The van der Waals surface area contributed by atoms with Crippen LogP contribution in [0, 0.1) is 0 Å². The van der Waals surface area contributed by atoms with Crippen LogP contribution in [-0.4, -0.2) is 18.2 Å². The molecule has 0 heterocycles. The number of ether oxygens (including phenoxy) is 1. The second kappa shape index (κ2) is 8.56. The summed E-state index contributed by atoms with van der Waals surface area (Å²) in [5.41, 5.74) is 4.45. The molecule has 0 aliphatic rings. The lowest BCUT2D eigenvalue weighted by molar-refractivity contribution is -0.127. The van der Waals surface area contributed by atoms with Crippen LogP contribution in [0.1, 0.15) is 38.8 Å². The zero-order valence-corrected chi connectivity index (χ0v) is 16.7. The highest BCUT2D eigenvalue weighted by Gasteiger charge is 2.16. The van der Waals surface area contributed by atoms with Gasteiger partial charge in [0.1, 0.15) is 5.75 Å². The summed E-state index contributed by atoms with van der Waals surface area (Å²) in [5, 5.41) is 4.81. The van der Waals surface area contributed by atoms with Gasteiger partial charge in [-0.25, -0.2) is 5.43 Å². The Morgan fingerprint density at radius 1 is 1.12 bits per heavy atom. The maximum absolute atomic E-state index is 12.1. The van der Waals surface area contributed by atoms with Crippen LogP contribution >= 0.6 is 23.2 Å². The summed E-state index contributed by atoms with van der Waals surface area (Å²) in [4.78, 5) is 12.1. The van der Waals surface area contributed by atoms with Crippen molar-refractivity contribution in [1.29, 1.82) is 0 Å². The summed E-state index contributed by atoms with van der Waals surface area (Å²) in [7, 11) is 0. The molecule has 26 heavy (non-hydrogen) atoms. The van der Waals surface area contributed by atoms with Crippen molar-refractivity contribution in [2.45, 2.75) is 39.2 Å². The quantitative estimate of drug-likeness (QED) is 0.560. The van der Waals surface area contributed by atoms with Crippen molar-refractivity contribution < 1.29 is 9.53 Å². The lowest BCUT2D eigenvalue weighted by atomic mass is 9.87. The Labute approximate surface area is 164 Å². The summed E-state index contributed by atoms with van der Waals surface area (Å²) < 4.78 is 5.66. The maximum atomic E-state index is 12.1. The highest BCUT2D eigenvalue weighted by atomic mass is 35.5. The third kappa shape index (κ3) is 5.75. The van der Waals surface area contributed by atoms with Crippen LogP contribution in [0.25, 0.3) is 0 Å². The summed E-state index contributed by atoms with van der Waals surface area (Å²) in [6.45, 7) is 8.10. The zero-order valence-electron chi connectivity index (χ0n) is 15.2. The van der Waals surface area contributed by atoms with Crippen molar-refractivity contribution in [2.24, 2.45) is 5.10 Å². The average molecular weight is 393 g/mol. The van der Waals surface area contributed by atoms with Gasteiger partial charge in [0.15, 0.2) is 6.10 Å². The molecule has 6 heteroatoms. The fourth-order valence-corrected chi connectivity index (χ4v) is 2.45. The lowest BCUT2D eigenvalue weighted by Gasteiger charge is -2.19. The normalized spacial score (nSPS) is 12.8. The van der Waals surface area contributed by atoms with Gasteiger partial charge in [0.05, 0.1) is 16.3 Å². The van der Waals surface area contributed by atoms with E-state index in [0.29, 0.717) is 15.8 Å². The van der Waals surface area contributed by atoms with Gasteiger partial charge in [-0.1, -0.05) is 62.2 Å². The Hall–Kier alpha value is -2.04. The van der Waals surface area contributed by atoms with Gasteiger partial charge in [-0.15, -0.1) is 0 Å². The molecule has 0 saturated heterocycles. The molecule has 2 aromatic rings. The predicted octanol–water partition coefficient (Wildman–Crippen LogP) is 5.21. The molecule has 0 radical (unpaired) electrons. The number of hydrogen-bond acceptors (Lipinski definition) is 3. The minimum absolute atomic E-state index is 0.0702. The molecule has 1 atom stereocenters. The van der Waals surface area contributed by atoms with Gasteiger partial charge >= 0.3 is 0 Å². The second-order valence-corrected chi connectivity index (χ2v) is 7.76. The third-order valence-corrected chi connectivity index (χ3v) is 4.47. The molecule has 1 unspecified atom stereocenters. The summed E-state index contributed by atoms with van der Waals surface area (Å²) in [5.74, 6) is 0.287. The number of carbonyl (C=O) groups is 1. The molecule has 0 saturated carbocycles. The van der Waals surface area contributed by atoms with Crippen LogP contribution in [-0.2, 0) is 10.2 Å². The highest BCUT2D eigenvalue weighted by Crippen LogP contribution is 2.24. The van der Waals surface area contributed by atoms with Crippen LogP contribution < -0.4 is 10.2 Å². The molecule has 0 spiro atoms. The van der Waals surface area contributed by atoms with Crippen molar-refractivity contribution in [2.75, 3.05) is 0 Å². The monoisotopic (exact) mass is 392 g/mol. The van der Waals surface area contributed by atoms with Crippen molar-refractivity contribution in [1.82, 2.24) is 5.43 Å². The number of nitrogens with one attached hydrogen (secondary N) is 1. The Morgan fingerprint density at radius 3 is 2.35 bits per heavy atom. The van der Waals surface area contributed by atoms with E-state index in [0.717, 1.165) is 5.56 Å². The number of benzene rings is 2. The number of hydrazone groups is 1. The van der Waals surface area contributed by atoms with E-state index in [9.17, 15) is 4.79 Å². The lowest BCUT2D eigenvalue weighted by Crippen LogP contribution is -2.33. The SMILES string of the molecule is CC(Oc1ccc(C(C)(C)C)cc1)C(=O)N/N=C/c1ccc(Cl)c(Cl)c1. The van der Waals surface area contributed by atoms with Crippen molar-refractivity contribution in [3.8, 4) is 5.75 Å². The van der Waals surface area contributed by atoms with Gasteiger partial charge in [-0.3, -0.25) is 4.79 Å². The minimum atomic E-state index is -0.679. The first-order valence-electron chi connectivity index (χ1n) is 8.22. The molecule has 4 nitrogen and oxygen atoms in total. The van der Waals surface area contributed by atoms with Gasteiger partial charge in [-0.2, -0.15) is 5.10 Å². The van der Waals surface area contributed by atoms with Crippen LogP contribution in [0.5, 0.6) is 5.75 Å². The Bertz CT molecular complexity index is 796. The van der Waals surface area contributed by atoms with Crippen molar-refractivity contribution in [3.05, 3.63) is 63.6 Å². The molecule has 1 amide bonds. The summed E-state index contributed by atoms with van der Waals surface area (Å²) in [6, 6.07) is 12.8. The number of rotatable bonds is 5. The number of carbonyl (C=O) groups excluding carboxylic acids is 1. The molecule has 2 rings (SSSR count). The Kier molecular flexibility index (Phi) is 6.68. The number of amides is 1. The van der Waals surface area contributed by atoms with E-state index in [1.54, 1.807) is 25.1 Å². The third-order valence-electron chi connectivity index (χ3n) is 3.73. The van der Waals surface area contributed by atoms with Crippen LogP contribution in [0.2, 0.25) is 10.0 Å². The van der Waals surface area contributed by atoms with E-state index in [-0.39, 0.29) is 11.3 Å². The Morgan fingerprint density at radius 2 is 1.77 bits per heavy atom. The minimum Gasteiger partial charge on any atom is -0.481 e. The first-order chi connectivity index (χ1) is 12.2. The molecule has 0 bridgehead atoms. The molecule has 0 aliphatic heterocycles. The second-order valence-electron chi connectivity index (χ2n) is 6.94. The van der Waals surface area contributed by atoms with E-state index in [1.807, 2.05) is 24.3 Å². The fourth-order valence-electron chi connectivity index (χ4n) is 2.15. The highest BCUT2D eigenvalue weighted by molar-refractivity contribution is 6.42. The molecule has 0 fully saturated rings. The largest absolute Gasteiger partial charge is 0.481 e. The van der Waals surface area contributed by atoms with Gasteiger partial charge in [0, 0.05) is 0 Å².